The van der Waals surface area contributed by atoms with E-state index in [0.717, 1.165) is 23.0 Å². The third-order valence-corrected chi connectivity index (χ3v) is 7.95. The molecule has 0 radical (unpaired) electrons. The van der Waals surface area contributed by atoms with Crippen LogP contribution < -0.4 is 5.32 Å². The van der Waals surface area contributed by atoms with Crippen molar-refractivity contribution in [1.82, 2.24) is 0 Å². The van der Waals surface area contributed by atoms with Crippen molar-refractivity contribution in [2.45, 2.75) is 33.4 Å². The third-order valence-electron chi connectivity index (χ3n) is 3.99. The Morgan fingerprint density at radius 3 is 2.21 bits per heavy atom. The summed E-state index contributed by atoms with van der Waals surface area (Å²) < 4.78 is 13.2. The van der Waals surface area contributed by atoms with Gasteiger partial charge in [0, 0.05) is 26.3 Å². The van der Waals surface area contributed by atoms with Crippen molar-refractivity contribution >= 4 is 18.9 Å². The van der Waals surface area contributed by atoms with Gasteiger partial charge in [-0.1, -0.05) is 0 Å². The molecular formula is C15H24FNOP+. The minimum Gasteiger partial charge on any atom is -0.322 e. The summed E-state index contributed by atoms with van der Waals surface area (Å²) in [7, 11) is -1.23. The second-order valence-electron chi connectivity index (χ2n) is 5.67. The molecule has 0 aromatic heterocycles. The van der Waals surface area contributed by atoms with E-state index < -0.39 is 7.26 Å². The van der Waals surface area contributed by atoms with E-state index in [1.165, 1.54) is 12.1 Å². The van der Waals surface area contributed by atoms with E-state index in [2.05, 4.69) is 25.6 Å². The molecular weight excluding hydrogens is 260 g/mol. The predicted octanol–water partition coefficient (Wildman–Crippen LogP) is 4.07. The van der Waals surface area contributed by atoms with Crippen LogP contribution in [-0.4, -0.2) is 31.1 Å². The number of aryl methyl sites for hydroxylation is 2. The number of hydrogen-bond acceptors (Lipinski definition) is 1. The van der Waals surface area contributed by atoms with Crippen molar-refractivity contribution in [1.29, 1.82) is 0 Å². The average Bonchev–Trinajstić information content (AvgIpc) is 2.32. The van der Waals surface area contributed by atoms with Crippen molar-refractivity contribution in [3.63, 3.8) is 0 Å². The number of rotatable bonds is 4. The summed E-state index contributed by atoms with van der Waals surface area (Å²) >= 11 is 0. The van der Waals surface area contributed by atoms with Crippen LogP contribution in [0.2, 0.25) is 0 Å². The largest absolute Gasteiger partial charge is 0.322 e. The Bertz CT molecular complexity index is 462. The molecule has 0 bridgehead atoms. The van der Waals surface area contributed by atoms with Crippen LogP contribution in [0.3, 0.4) is 0 Å². The standard InChI is InChI=1S/C15H23FNOP/c1-7-19(5,6)12(4)15(18)17-14-10(2)8-13(16)9-11(14)3/h8-9,12H,7H2,1-6H3/p+1. The maximum Gasteiger partial charge on any atom is 0.264 e. The van der Waals surface area contributed by atoms with E-state index in [0.29, 0.717) is 0 Å². The SMILES string of the molecule is CC[P+](C)(C)C(C)C(=O)Nc1c(C)cc(F)cc1C. The smallest absolute Gasteiger partial charge is 0.264 e. The Morgan fingerprint density at radius 1 is 1.32 bits per heavy atom. The summed E-state index contributed by atoms with van der Waals surface area (Å²) in [5.74, 6) is -0.222. The van der Waals surface area contributed by atoms with Gasteiger partial charge in [-0.2, -0.15) is 0 Å². The molecule has 0 heterocycles. The van der Waals surface area contributed by atoms with Gasteiger partial charge in [-0.05, 0) is 51.0 Å². The molecule has 1 rings (SSSR count). The zero-order chi connectivity index (χ0) is 14.8. The zero-order valence-electron chi connectivity index (χ0n) is 12.7. The van der Waals surface area contributed by atoms with Gasteiger partial charge >= 0.3 is 0 Å². The minimum atomic E-state index is -1.23. The van der Waals surface area contributed by atoms with Crippen molar-refractivity contribution in [2.75, 3.05) is 24.8 Å². The summed E-state index contributed by atoms with van der Waals surface area (Å²) in [6.07, 6.45) is 1.04. The van der Waals surface area contributed by atoms with E-state index in [1.807, 2.05) is 20.8 Å². The lowest BCUT2D eigenvalue weighted by atomic mass is 10.1. The number of amides is 1. The van der Waals surface area contributed by atoms with Gasteiger partial charge in [0.25, 0.3) is 5.91 Å². The Kier molecular flexibility index (Phi) is 5.09. The summed E-state index contributed by atoms with van der Waals surface area (Å²) in [6.45, 7) is 12.1. The third kappa shape index (κ3) is 3.76. The van der Waals surface area contributed by atoms with Crippen LogP contribution in [0.25, 0.3) is 0 Å². The summed E-state index contributed by atoms with van der Waals surface area (Å²) in [5.41, 5.74) is 2.30. The molecule has 106 valence electrons. The quantitative estimate of drug-likeness (QED) is 0.830. The van der Waals surface area contributed by atoms with Crippen LogP contribution >= 0.6 is 7.26 Å². The number of carbonyl (C=O) groups excluding carboxylic acids is 1. The number of benzene rings is 1. The fraction of sp³-hybridized carbons (Fsp3) is 0.533. The second-order valence-corrected chi connectivity index (χ2v) is 10.6. The fourth-order valence-electron chi connectivity index (χ4n) is 1.93. The monoisotopic (exact) mass is 284 g/mol. The topological polar surface area (TPSA) is 29.1 Å². The molecule has 1 N–H and O–H groups in total. The fourth-order valence-corrected chi connectivity index (χ4v) is 3.17. The summed E-state index contributed by atoms with van der Waals surface area (Å²) in [5, 5.41) is 2.97. The predicted molar refractivity (Wildman–Crippen MR) is 83.3 cm³/mol. The molecule has 19 heavy (non-hydrogen) atoms. The molecule has 0 aliphatic rings. The van der Waals surface area contributed by atoms with Crippen molar-refractivity contribution in [2.24, 2.45) is 0 Å². The summed E-state index contributed by atoms with van der Waals surface area (Å²) in [6, 6.07) is 2.90. The van der Waals surface area contributed by atoms with Crippen molar-refractivity contribution < 1.29 is 9.18 Å². The van der Waals surface area contributed by atoms with Crippen LogP contribution in [0.1, 0.15) is 25.0 Å². The van der Waals surface area contributed by atoms with Crippen LogP contribution in [0, 0.1) is 19.7 Å². The van der Waals surface area contributed by atoms with E-state index in [-0.39, 0.29) is 17.4 Å². The van der Waals surface area contributed by atoms with E-state index in [9.17, 15) is 9.18 Å². The van der Waals surface area contributed by atoms with Crippen LogP contribution in [0.4, 0.5) is 10.1 Å². The highest BCUT2D eigenvalue weighted by Crippen LogP contribution is 2.55. The first-order valence-electron chi connectivity index (χ1n) is 6.59. The Morgan fingerprint density at radius 2 is 1.79 bits per heavy atom. The molecule has 0 saturated heterocycles. The molecule has 0 aliphatic carbocycles. The average molecular weight is 284 g/mol. The molecule has 1 aromatic rings. The number of hydrogen-bond donors (Lipinski definition) is 1. The maximum absolute atomic E-state index is 13.2. The van der Waals surface area contributed by atoms with E-state index >= 15 is 0 Å². The van der Waals surface area contributed by atoms with Crippen LogP contribution in [0.5, 0.6) is 0 Å². The number of carbonyl (C=O) groups is 1. The molecule has 2 nitrogen and oxygen atoms in total. The lowest BCUT2D eigenvalue weighted by Gasteiger charge is -2.23. The van der Waals surface area contributed by atoms with E-state index in [4.69, 9.17) is 0 Å². The molecule has 0 spiro atoms. The molecule has 0 saturated carbocycles. The number of halogens is 1. The van der Waals surface area contributed by atoms with Crippen LogP contribution in [0.15, 0.2) is 12.1 Å². The second kappa shape index (κ2) is 6.00. The first-order valence-corrected chi connectivity index (χ1v) is 9.53. The first kappa shape index (κ1) is 16.1. The molecule has 1 aromatic carbocycles. The van der Waals surface area contributed by atoms with Gasteiger partial charge in [-0.25, -0.2) is 4.39 Å². The first-order chi connectivity index (χ1) is 8.69. The highest BCUT2D eigenvalue weighted by Gasteiger charge is 2.36. The van der Waals surface area contributed by atoms with Crippen molar-refractivity contribution in [3.8, 4) is 0 Å². The highest BCUT2D eigenvalue weighted by atomic mass is 31.2. The van der Waals surface area contributed by atoms with Gasteiger partial charge in [0.15, 0.2) is 0 Å². The number of nitrogens with one attached hydrogen (secondary N) is 1. The Hall–Kier alpha value is -0.950. The van der Waals surface area contributed by atoms with Gasteiger partial charge in [0.2, 0.25) is 0 Å². The van der Waals surface area contributed by atoms with Gasteiger partial charge in [-0.15, -0.1) is 0 Å². The van der Waals surface area contributed by atoms with Gasteiger partial charge < -0.3 is 5.32 Å². The lowest BCUT2D eigenvalue weighted by Crippen LogP contribution is -2.28. The van der Waals surface area contributed by atoms with Gasteiger partial charge in [0.05, 0.1) is 6.16 Å². The normalized spacial score (nSPS) is 13.2. The Balaban J connectivity index is 2.95. The summed E-state index contributed by atoms with van der Waals surface area (Å²) in [4.78, 5) is 12.3. The number of anilines is 1. The highest BCUT2D eigenvalue weighted by molar-refractivity contribution is 7.75. The van der Waals surface area contributed by atoms with Crippen molar-refractivity contribution in [3.05, 3.63) is 29.1 Å². The minimum absolute atomic E-state index is 0.0151. The maximum atomic E-state index is 13.2. The van der Waals surface area contributed by atoms with E-state index in [1.54, 1.807) is 0 Å². The molecule has 1 atom stereocenters. The molecule has 0 aliphatic heterocycles. The Labute approximate surface area is 116 Å². The van der Waals surface area contributed by atoms with Gasteiger partial charge in [0.1, 0.15) is 11.5 Å². The van der Waals surface area contributed by atoms with Gasteiger partial charge in [-0.3, -0.25) is 4.79 Å². The lowest BCUT2D eigenvalue weighted by molar-refractivity contribution is -0.115. The molecule has 1 unspecified atom stereocenters. The van der Waals surface area contributed by atoms with Crippen LogP contribution in [-0.2, 0) is 4.79 Å². The molecule has 4 heteroatoms. The zero-order valence-corrected chi connectivity index (χ0v) is 13.6. The molecule has 1 amide bonds. The molecule has 0 fully saturated rings.